The van der Waals surface area contributed by atoms with E-state index < -0.39 is 0 Å². The molecule has 0 unspecified atom stereocenters. The number of amides is 2. The van der Waals surface area contributed by atoms with Gasteiger partial charge in [-0.3, -0.25) is 9.59 Å². The highest BCUT2D eigenvalue weighted by Crippen LogP contribution is 2.33. The van der Waals surface area contributed by atoms with Gasteiger partial charge in [0.1, 0.15) is 10.7 Å². The molecule has 0 saturated carbocycles. The molecule has 27 heavy (non-hydrogen) atoms. The first-order valence-electron chi connectivity index (χ1n) is 9.52. The van der Waals surface area contributed by atoms with Gasteiger partial charge < -0.3 is 10.2 Å². The molecule has 6 nitrogen and oxygen atoms in total. The first-order chi connectivity index (χ1) is 12.7. The van der Waals surface area contributed by atoms with Crippen LogP contribution in [-0.4, -0.2) is 46.3 Å². The fraction of sp³-hybridized carbons (Fsp3) is 0.600. The maximum Gasteiger partial charge on any atom is 0.261 e. The van der Waals surface area contributed by atoms with E-state index in [4.69, 9.17) is 4.98 Å². The van der Waals surface area contributed by atoms with Crippen LogP contribution in [0.3, 0.4) is 0 Å². The van der Waals surface area contributed by atoms with Gasteiger partial charge in [-0.1, -0.05) is 20.8 Å². The summed E-state index contributed by atoms with van der Waals surface area (Å²) in [5.74, 6) is 0.774. The number of carbonyl (C=O) groups is 2. The minimum absolute atomic E-state index is 0.123. The molecule has 2 aromatic heterocycles. The van der Waals surface area contributed by atoms with Crippen molar-refractivity contribution in [2.24, 2.45) is 0 Å². The quantitative estimate of drug-likeness (QED) is 0.871. The highest BCUT2D eigenvalue weighted by atomic mass is 32.1. The Morgan fingerprint density at radius 3 is 2.44 bits per heavy atom. The number of carbonyl (C=O) groups excluding carboxylic acids is 2. The molecule has 1 N–H and O–H groups in total. The first kappa shape index (κ1) is 19.7. The predicted octanol–water partition coefficient (Wildman–Crippen LogP) is 3.35. The molecule has 0 bridgehead atoms. The molecule has 0 aliphatic carbocycles. The number of thiophene rings is 1. The zero-order chi connectivity index (χ0) is 19.8. The van der Waals surface area contributed by atoms with Gasteiger partial charge >= 0.3 is 0 Å². The van der Waals surface area contributed by atoms with Crippen LogP contribution in [0.15, 0.2) is 0 Å². The number of nitrogens with one attached hydrogen (secondary N) is 1. The van der Waals surface area contributed by atoms with Gasteiger partial charge in [0, 0.05) is 36.9 Å². The second-order valence-electron chi connectivity index (χ2n) is 8.21. The monoisotopic (exact) mass is 388 g/mol. The van der Waals surface area contributed by atoms with Crippen molar-refractivity contribution in [3.05, 3.63) is 22.0 Å². The zero-order valence-corrected chi connectivity index (χ0v) is 17.6. The summed E-state index contributed by atoms with van der Waals surface area (Å²) in [4.78, 5) is 37.5. The molecule has 0 radical (unpaired) electrons. The molecule has 1 fully saturated rings. The van der Waals surface area contributed by atoms with Crippen LogP contribution >= 0.6 is 11.3 Å². The average Bonchev–Trinajstić information content (AvgIpc) is 3.22. The molecule has 3 rings (SSSR count). The van der Waals surface area contributed by atoms with Crippen molar-refractivity contribution in [2.45, 2.75) is 59.3 Å². The van der Waals surface area contributed by atoms with E-state index in [1.54, 1.807) is 0 Å². The third kappa shape index (κ3) is 4.13. The van der Waals surface area contributed by atoms with Crippen molar-refractivity contribution < 1.29 is 9.59 Å². The Balaban J connectivity index is 1.73. The Morgan fingerprint density at radius 1 is 1.15 bits per heavy atom. The minimum Gasteiger partial charge on any atom is -0.351 e. The molecule has 2 amide bonds. The van der Waals surface area contributed by atoms with Crippen LogP contribution in [0.4, 0.5) is 0 Å². The lowest BCUT2D eigenvalue weighted by molar-refractivity contribution is -0.129. The van der Waals surface area contributed by atoms with Crippen molar-refractivity contribution in [3.8, 4) is 0 Å². The van der Waals surface area contributed by atoms with E-state index in [0.717, 1.165) is 53.2 Å². The van der Waals surface area contributed by atoms with Crippen molar-refractivity contribution in [2.75, 3.05) is 19.6 Å². The molecule has 1 aliphatic heterocycles. The van der Waals surface area contributed by atoms with E-state index in [-0.39, 0.29) is 17.2 Å². The standard InChI is InChI=1S/C20H28N4O2S/c1-12-15-13(2)22-19(20(3,4)5)23-18(15)27-16(12)17(26)21-9-8-14(25)24-10-6-7-11-24/h6-11H2,1-5H3,(H,21,26). The number of likely N-dealkylation sites (tertiary alicyclic amines) is 1. The molecular formula is C20H28N4O2S. The molecule has 7 heteroatoms. The van der Waals surface area contributed by atoms with Gasteiger partial charge in [-0.25, -0.2) is 9.97 Å². The van der Waals surface area contributed by atoms with E-state index in [1.165, 1.54) is 11.3 Å². The normalized spacial score (nSPS) is 14.8. The van der Waals surface area contributed by atoms with Crippen molar-refractivity contribution >= 4 is 33.4 Å². The topological polar surface area (TPSA) is 75.2 Å². The highest BCUT2D eigenvalue weighted by molar-refractivity contribution is 7.20. The molecule has 0 atom stereocenters. The number of hydrogen-bond acceptors (Lipinski definition) is 5. The fourth-order valence-electron chi connectivity index (χ4n) is 3.38. The predicted molar refractivity (Wildman–Crippen MR) is 108 cm³/mol. The summed E-state index contributed by atoms with van der Waals surface area (Å²) in [5.41, 5.74) is 1.67. The van der Waals surface area contributed by atoms with Gasteiger partial charge in [0.25, 0.3) is 5.91 Å². The molecule has 1 saturated heterocycles. The van der Waals surface area contributed by atoms with Gasteiger partial charge in [0.05, 0.1) is 10.6 Å². The van der Waals surface area contributed by atoms with Crippen molar-refractivity contribution in [1.82, 2.24) is 20.2 Å². The van der Waals surface area contributed by atoms with Gasteiger partial charge in [-0.2, -0.15) is 0 Å². The lowest BCUT2D eigenvalue weighted by Gasteiger charge is -2.16. The smallest absolute Gasteiger partial charge is 0.261 e. The number of rotatable bonds is 4. The lowest BCUT2D eigenvalue weighted by Crippen LogP contribution is -2.32. The summed E-state index contributed by atoms with van der Waals surface area (Å²) in [6, 6.07) is 0. The van der Waals surface area contributed by atoms with Crippen LogP contribution in [0.25, 0.3) is 10.2 Å². The molecule has 0 aromatic carbocycles. The average molecular weight is 389 g/mol. The number of fused-ring (bicyclic) bond motifs is 1. The number of hydrogen-bond donors (Lipinski definition) is 1. The van der Waals surface area contributed by atoms with Crippen LogP contribution in [0, 0.1) is 13.8 Å². The van der Waals surface area contributed by atoms with Crippen molar-refractivity contribution in [1.29, 1.82) is 0 Å². The second kappa shape index (κ2) is 7.54. The van der Waals surface area contributed by atoms with Crippen LogP contribution < -0.4 is 5.32 Å². The minimum atomic E-state index is -0.144. The fourth-order valence-corrected chi connectivity index (χ4v) is 4.53. The summed E-state index contributed by atoms with van der Waals surface area (Å²) in [6.07, 6.45) is 2.51. The van der Waals surface area contributed by atoms with E-state index in [2.05, 4.69) is 31.1 Å². The molecular weight excluding hydrogens is 360 g/mol. The van der Waals surface area contributed by atoms with Crippen LogP contribution in [-0.2, 0) is 10.2 Å². The number of aryl methyl sites for hydroxylation is 2. The Bertz CT molecular complexity index is 876. The summed E-state index contributed by atoms with van der Waals surface area (Å²) >= 11 is 1.40. The van der Waals surface area contributed by atoms with Gasteiger partial charge in [-0.05, 0) is 32.3 Å². The van der Waals surface area contributed by atoms with E-state index in [0.29, 0.717) is 17.8 Å². The molecule has 2 aromatic rings. The molecule has 3 heterocycles. The summed E-state index contributed by atoms with van der Waals surface area (Å²) in [7, 11) is 0. The van der Waals surface area contributed by atoms with E-state index >= 15 is 0 Å². The Hall–Kier alpha value is -2.02. The molecule has 1 aliphatic rings. The van der Waals surface area contributed by atoms with Gasteiger partial charge in [0.15, 0.2) is 0 Å². The third-order valence-electron chi connectivity index (χ3n) is 4.93. The van der Waals surface area contributed by atoms with Gasteiger partial charge in [0.2, 0.25) is 5.91 Å². The van der Waals surface area contributed by atoms with Crippen LogP contribution in [0.5, 0.6) is 0 Å². The molecule has 0 spiro atoms. The van der Waals surface area contributed by atoms with Gasteiger partial charge in [-0.15, -0.1) is 11.3 Å². The Labute approximate surface area is 164 Å². The number of aromatic nitrogens is 2. The van der Waals surface area contributed by atoms with Crippen LogP contribution in [0.1, 0.15) is 66.8 Å². The summed E-state index contributed by atoms with van der Waals surface area (Å²) in [6.45, 7) is 12.2. The second-order valence-corrected chi connectivity index (χ2v) is 9.21. The van der Waals surface area contributed by atoms with E-state index in [9.17, 15) is 9.59 Å². The highest BCUT2D eigenvalue weighted by Gasteiger charge is 2.23. The maximum atomic E-state index is 12.7. The largest absolute Gasteiger partial charge is 0.351 e. The third-order valence-corrected chi connectivity index (χ3v) is 6.12. The van der Waals surface area contributed by atoms with Crippen molar-refractivity contribution in [3.63, 3.8) is 0 Å². The maximum absolute atomic E-state index is 12.7. The number of nitrogens with zero attached hydrogens (tertiary/aromatic N) is 3. The lowest BCUT2D eigenvalue weighted by atomic mass is 9.95. The summed E-state index contributed by atoms with van der Waals surface area (Å²) in [5, 5.41) is 3.86. The van der Waals surface area contributed by atoms with E-state index in [1.807, 2.05) is 18.7 Å². The van der Waals surface area contributed by atoms with Crippen LogP contribution in [0.2, 0.25) is 0 Å². The summed E-state index contributed by atoms with van der Waals surface area (Å²) < 4.78 is 0. The SMILES string of the molecule is Cc1nc(C(C)(C)C)nc2sc(C(=O)NCCC(=O)N3CCCC3)c(C)c12. The Morgan fingerprint density at radius 2 is 1.81 bits per heavy atom. The zero-order valence-electron chi connectivity index (χ0n) is 16.8. The molecule has 146 valence electrons. The first-order valence-corrected chi connectivity index (χ1v) is 10.3. The Kier molecular flexibility index (Phi) is 5.51.